The molecule has 5 atom stereocenters. The topological polar surface area (TPSA) is 137 Å². The summed E-state index contributed by atoms with van der Waals surface area (Å²) in [5.74, 6) is -4.46. The number of aliphatic hydroxyl groups is 3. The molecule has 0 spiro atoms. The summed E-state index contributed by atoms with van der Waals surface area (Å²) in [5.41, 5.74) is -1.14. The van der Waals surface area contributed by atoms with Crippen LogP contribution in [0, 0.1) is 28.8 Å². The fraction of sp³-hybridized carbons (Fsp3) is 0.300. The van der Waals surface area contributed by atoms with Crippen molar-refractivity contribution < 1.29 is 33.2 Å². The molecule has 0 bridgehead atoms. The van der Waals surface area contributed by atoms with Crippen molar-refractivity contribution in [1.82, 2.24) is 20.0 Å². The molecule has 3 heterocycles. The molecule has 1 saturated heterocycles. The first-order chi connectivity index (χ1) is 16.2. The van der Waals surface area contributed by atoms with E-state index in [1.54, 1.807) is 6.07 Å². The third kappa shape index (κ3) is 4.67. The Morgan fingerprint density at radius 3 is 2.53 bits per heavy atom. The zero-order valence-electron chi connectivity index (χ0n) is 16.9. The van der Waals surface area contributed by atoms with Gasteiger partial charge in [0.05, 0.1) is 12.8 Å². The minimum absolute atomic E-state index is 0.0450. The van der Waals surface area contributed by atoms with Crippen LogP contribution in [-0.2, 0) is 4.74 Å². The van der Waals surface area contributed by atoms with Crippen LogP contribution in [-0.4, -0.2) is 65.7 Å². The minimum atomic E-state index is -1.63. The van der Waals surface area contributed by atoms with Gasteiger partial charge < -0.3 is 20.1 Å². The number of hydrogen-bond acceptors (Lipinski definition) is 9. The zero-order valence-corrected chi connectivity index (χ0v) is 19.3. The first-order valence-electron chi connectivity index (χ1n) is 9.65. The van der Waals surface area contributed by atoms with Gasteiger partial charge in [-0.05, 0) is 34.1 Å². The van der Waals surface area contributed by atoms with Gasteiger partial charge in [0.1, 0.15) is 41.6 Å². The number of aromatic nitrogens is 4. The summed E-state index contributed by atoms with van der Waals surface area (Å²) in [5, 5.41) is 48.4. The van der Waals surface area contributed by atoms with Crippen LogP contribution in [0.25, 0.3) is 11.3 Å². The van der Waals surface area contributed by atoms with E-state index >= 15 is 0 Å². The summed E-state index contributed by atoms with van der Waals surface area (Å²) in [6.07, 6.45) is -1.35. The quantitative estimate of drug-likeness (QED) is 0.403. The van der Waals surface area contributed by atoms with E-state index < -0.39 is 53.8 Å². The second-order valence-electron chi connectivity index (χ2n) is 7.26. The number of aliphatic hydroxyl groups excluding tert-OH is 3. The Labute approximate surface area is 202 Å². The van der Waals surface area contributed by atoms with E-state index in [1.807, 2.05) is 6.07 Å². The van der Waals surface area contributed by atoms with Crippen LogP contribution in [0.1, 0.15) is 11.7 Å². The number of nitriles is 1. The van der Waals surface area contributed by atoms with Crippen LogP contribution in [0.3, 0.4) is 0 Å². The molecule has 1 aliphatic heterocycles. The highest BCUT2D eigenvalue weighted by Crippen LogP contribution is 2.39. The molecule has 3 N–H and O–H groups in total. The lowest BCUT2D eigenvalue weighted by molar-refractivity contribution is -0.178. The first kappa shape index (κ1) is 24.6. The van der Waals surface area contributed by atoms with Gasteiger partial charge in [-0.15, -0.1) is 5.10 Å². The third-order valence-corrected chi connectivity index (χ3v) is 6.73. The lowest BCUT2D eigenvalue weighted by Crippen LogP contribution is -2.55. The number of ether oxygens (including phenoxy) is 1. The molecule has 1 fully saturated rings. The summed E-state index contributed by atoms with van der Waals surface area (Å²) in [4.78, 5) is 4.37. The van der Waals surface area contributed by atoms with Gasteiger partial charge in [-0.1, -0.05) is 17.0 Å². The van der Waals surface area contributed by atoms with Gasteiger partial charge in [-0.25, -0.2) is 22.8 Å². The van der Waals surface area contributed by atoms with Gasteiger partial charge in [-0.3, -0.25) is 0 Å². The second kappa shape index (κ2) is 9.98. The van der Waals surface area contributed by atoms with E-state index in [4.69, 9.17) is 4.74 Å². The van der Waals surface area contributed by atoms with Crippen molar-refractivity contribution in [2.75, 3.05) is 6.61 Å². The molecule has 0 amide bonds. The maximum absolute atomic E-state index is 13.6. The fourth-order valence-electron chi connectivity index (χ4n) is 3.46. The molecule has 9 nitrogen and oxygen atoms in total. The zero-order chi connectivity index (χ0) is 24.6. The van der Waals surface area contributed by atoms with E-state index in [9.17, 15) is 33.8 Å². The Bertz CT molecular complexity index is 1240. The van der Waals surface area contributed by atoms with Gasteiger partial charge in [-0.2, -0.15) is 5.26 Å². The van der Waals surface area contributed by atoms with Crippen LogP contribution >= 0.6 is 27.7 Å². The monoisotopic (exact) mass is 557 g/mol. The Kier molecular flexibility index (Phi) is 7.22. The van der Waals surface area contributed by atoms with E-state index in [-0.39, 0.29) is 17.0 Å². The van der Waals surface area contributed by atoms with Crippen molar-refractivity contribution in [2.24, 2.45) is 0 Å². The van der Waals surface area contributed by atoms with Gasteiger partial charge in [0.15, 0.2) is 23.1 Å². The molecule has 1 aromatic carbocycles. The van der Waals surface area contributed by atoms with E-state index in [0.29, 0.717) is 9.37 Å². The lowest BCUT2D eigenvalue weighted by atomic mass is 9.97. The lowest BCUT2D eigenvalue weighted by Gasteiger charge is -2.41. The molecule has 1 aliphatic rings. The number of halogens is 4. The normalized spacial score (nSPS) is 24.7. The highest BCUT2D eigenvalue weighted by molar-refractivity contribution is 9.10. The standard InChI is InChI=1S/C20H15BrF3N5O4S/c21-9-3-15(12(4-25)26-5-9)34-20-19(32)17(18(31)14(7-30)33-20)29-6-13(27-28-29)8-1-10(22)16(24)11(23)2-8/h1-3,5-6,14,17-20,30-32H,7H2. The molecule has 5 unspecified atom stereocenters. The Morgan fingerprint density at radius 2 is 1.88 bits per heavy atom. The Hall–Kier alpha value is -2.54. The summed E-state index contributed by atoms with van der Waals surface area (Å²) >= 11 is 4.22. The molecular formula is C20H15BrF3N5O4S. The summed E-state index contributed by atoms with van der Waals surface area (Å²) in [6.45, 7) is -0.598. The predicted octanol–water partition coefficient (Wildman–Crippen LogP) is 2.16. The SMILES string of the molecule is N#Cc1ncc(Br)cc1SC1OC(CO)C(O)C(n2cc(-c3cc(F)c(F)c(F)c3)nn2)C1O. The van der Waals surface area contributed by atoms with Crippen molar-refractivity contribution >= 4 is 27.7 Å². The smallest absolute Gasteiger partial charge is 0.194 e. The van der Waals surface area contributed by atoms with Gasteiger partial charge in [0.2, 0.25) is 0 Å². The minimum Gasteiger partial charge on any atom is -0.394 e. The molecule has 4 rings (SSSR count). The molecule has 0 radical (unpaired) electrons. The number of thioether (sulfide) groups is 1. The van der Waals surface area contributed by atoms with Crippen molar-refractivity contribution in [3.63, 3.8) is 0 Å². The molecule has 0 aliphatic carbocycles. The molecule has 14 heteroatoms. The highest BCUT2D eigenvalue weighted by atomic mass is 79.9. The van der Waals surface area contributed by atoms with Crippen LogP contribution in [0.4, 0.5) is 13.2 Å². The molecule has 3 aromatic rings. The number of hydrogen-bond donors (Lipinski definition) is 3. The Morgan fingerprint density at radius 1 is 1.18 bits per heavy atom. The average molecular weight is 558 g/mol. The van der Waals surface area contributed by atoms with Crippen LogP contribution in [0.5, 0.6) is 0 Å². The largest absolute Gasteiger partial charge is 0.394 e. The van der Waals surface area contributed by atoms with E-state index in [2.05, 4.69) is 31.2 Å². The van der Waals surface area contributed by atoms with Gasteiger partial charge in [0.25, 0.3) is 0 Å². The molecule has 178 valence electrons. The molecule has 2 aromatic heterocycles. The van der Waals surface area contributed by atoms with Crippen LogP contribution in [0.15, 0.2) is 40.0 Å². The predicted molar refractivity (Wildman–Crippen MR) is 115 cm³/mol. The number of nitrogens with zero attached hydrogens (tertiary/aromatic N) is 5. The maximum atomic E-state index is 13.6. The van der Waals surface area contributed by atoms with Crippen LogP contribution < -0.4 is 0 Å². The average Bonchev–Trinajstić information content (AvgIpc) is 3.29. The number of benzene rings is 1. The first-order valence-corrected chi connectivity index (χ1v) is 11.3. The van der Waals surface area contributed by atoms with E-state index in [0.717, 1.165) is 28.6 Å². The molecule has 0 saturated carbocycles. The van der Waals surface area contributed by atoms with E-state index in [1.165, 1.54) is 12.4 Å². The van der Waals surface area contributed by atoms with Crippen molar-refractivity contribution in [1.29, 1.82) is 5.26 Å². The van der Waals surface area contributed by atoms with Gasteiger partial charge in [0, 0.05) is 21.1 Å². The number of pyridine rings is 1. The number of rotatable bonds is 5. The summed E-state index contributed by atoms with van der Waals surface area (Å²) in [6, 6.07) is 3.82. The summed E-state index contributed by atoms with van der Waals surface area (Å²) in [7, 11) is 0. The van der Waals surface area contributed by atoms with Crippen molar-refractivity contribution in [3.8, 4) is 17.3 Å². The second-order valence-corrected chi connectivity index (χ2v) is 9.32. The maximum Gasteiger partial charge on any atom is 0.194 e. The third-order valence-electron chi connectivity index (χ3n) is 5.11. The van der Waals surface area contributed by atoms with Gasteiger partial charge >= 0.3 is 0 Å². The fourth-order valence-corrected chi connectivity index (χ4v) is 5.09. The van der Waals surface area contributed by atoms with Crippen molar-refractivity contribution in [3.05, 3.63) is 58.2 Å². The molecule has 34 heavy (non-hydrogen) atoms. The Balaban J connectivity index is 1.66. The highest BCUT2D eigenvalue weighted by Gasteiger charge is 2.46. The van der Waals surface area contributed by atoms with Crippen LogP contribution in [0.2, 0.25) is 0 Å². The molecular weight excluding hydrogens is 543 g/mol. The summed E-state index contributed by atoms with van der Waals surface area (Å²) < 4.78 is 47.8. The van der Waals surface area contributed by atoms with Crippen molar-refractivity contribution in [2.45, 2.75) is 34.7 Å².